The molecular formula is C24H29N2OS2+. The van der Waals surface area contributed by atoms with E-state index in [9.17, 15) is 0 Å². The molecule has 0 bridgehead atoms. The van der Waals surface area contributed by atoms with Crippen molar-refractivity contribution >= 4 is 40.9 Å². The SMILES string of the molecule is CCC(=Cc1sc2c([n+]1CC)OC(C)C=C2)C=C1Sc2ccc(C)cc2N1CC. The molecule has 0 amide bonds. The van der Waals surface area contributed by atoms with Crippen LogP contribution in [-0.2, 0) is 6.54 Å². The lowest BCUT2D eigenvalue weighted by atomic mass is 10.1. The number of aromatic nitrogens is 1. The number of aryl methyl sites for hydroxylation is 1. The second-order valence-corrected chi connectivity index (χ2v) is 9.53. The van der Waals surface area contributed by atoms with E-state index in [1.165, 1.54) is 36.6 Å². The zero-order valence-electron chi connectivity index (χ0n) is 17.9. The third-order valence-corrected chi connectivity index (χ3v) is 7.49. The van der Waals surface area contributed by atoms with Gasteiger partial charge in [0.15, 0.2) is 6.54 Å². The van der Waals surface area contributed by atoms with Gasteiger partial charge in [0.1, 0.15) is 11.0 Å². The van der Waals surface area contributed by atoms with Crippen molar-refractivity contribution in [1.29, 1.82) is 0 Å². The molecule has 2 aliphatic rings. The molecule has 0 saturated carbocycles. The Morgan fingerprint density at radius 3 is 2.83 bits per heavy atom. The minimum absolute atomic E-state index is 0.134. The number of nitrogens with zero attached hydrogens (tertiary/aromatic N) is 2. The van der Waals surface area contributed by atoms with Crippen LogP contribution in [0.3, 0.4) is 0 Å². The standard InChI is InChI=1S/C24H29N2OS2/c1-6-18(14-22-25(7-2)19-13-16(4)9-11-20(19)28-22)15-23-26(8-3)24-21(29-23)12-10-17(5)27-24/h9-15,17H,6-8H2,1-5H3/q+1. The molecule has 2 aliphatic heterocycles. The van der Waals surface area contributed by atoms with Crippen LogP contribution >= 0.6 is 23.1 Å². The summed E-state index contributed by atoms with van der Waals surface area (Å²) in [6.45, 7) is 12.8. The molecule has 3 heterocycles. The number of benzene rings is 1. The van der Waals surface area contributed by atoms with Gasteiger partial charge in [0.25, 0.3) is 5.01 Å². The lowest BCUT2D eigenvalue weighted by Gasteiger charge is -2.18. The highest BCUT2D eigenvalue weighted by Gasteiger charge is 2.29. The summed E-state index contributed by atoms with van der Waals surface area (Å²) in [6, 6.07) is 6.75. The van der Waals surface area contributed by atoms with Crippen molar-refractivity contribution in [2.75, 3.05) is 11.4 Å². The van der Waals surface area contributed by atoms with Gasteiger partial charge in [-0.2, -0.15) is 4.57 Å². The van der Waals surface area contributed by atoms with Gasteiger partial charge in [-0.25, -0.2) is 0 Å². The van der Waals surface area contributed by atoms with Crippen LogP contribution in [0.2, 0.25) is 0 Å². The summed E-state index contributed by atoms with van der Waals surface area (Å²) in [6.07, 6.45) is 10.2. The Labute approximate surface area is 182 Å². The lowest BCUT2D eigenvalue weighted by Crippen LogP contribution is -2.37. The van der Waals surface area contributed by atoms with Crippen LogP contribution in [-0.4, -0.2) is 12.6 Å². The molecule has 1 unspecified atom stereocenters. The first-order valence-electron chi connectivity index (χ1n) is 10.4. The molecule has 1 aromatic carbocycles. The van der Waals surface area contributed by atoms with Crippen molar-refractivity contribution in [1.82, 2.24) is 0 Å². The van der Waals surface area contributed by atoms with E-state index in [1.54, 1.807) is 0 Å². The normalized spacial score (nSPS) is 19.5. The third-order valence-electron chi connectivity index (χ3n) is 5.30. The van der Waals surface area contributed by atoms with Gasteiger partial charge in [-0.15, -0.1) is 0 Å². The van der Waals surface area contributed by atoms with Crippen molar-refractivity contribution in [3.8, 4) is 5.88 Å². The molecule has 0 aliphatic carbocycles. The average molecular weight is 426 g/mol. The Balaban J connectivity index is 1.70. The van der Waals surface area contributed by atoms with E-state index in [0.29, 0.717) is 0 Å². The predicted molar refractivity (Wildman–Crippen MR) is 126 cm³/mol. The Bertz CT molecular complexity index is 1020. The summed E-state index contributed by atoms with van der Waals surface area (Å²) in [5, 5.41) is 2.57. The van der Waals surface area contributed by atoms with Gasteiger partial charge in [-0.1, -0.05) is 36.1 Å². The van der Waals surface area contributed by atoms with Crippen LogP contribution in [0.15, 0.2) is 45.8 Å². The first kappa shape index (κ1) is 20.3. The number of thioether (sulfide) groups is 1. The van der Waals surface area contributed by atoms with E-state index >= 15 is 0 Å². The molecule has 29 heavy (non-hydrogen) atoms. The number of hydrogen-bond donors (Lipinski definition) is 0. The third kappa shape index (κ3) is 3.90. The van der Waals surface area contributed by atoms with Crippen molar-refractivity contribution in [2.45, 2.75) is 58.6 Å². The fourth-order valence-corrected chi connectivity index (χ4v) is 6.06. The molecule has 0 fully saturated rings. The topological polar surface area (TPSA) is 16.4 Å². The predicted octanol–water partition coefficient (Wildman–Crippen LogP) is 6.43. The Morgan fingerprint density at radius 1 is 1.28 bits per heavy atom. The van der Waals surface area contributed by atoms with E-state index in [2.05, 4.69) is 86.6 Å². The van der Waals surface area contributed by atoms with Crippen LogP contribution in [0.5, 0.6) is 5.88 Å². The van der Waals surface area contributed by atoms with Gasteiger partial charge in [0, 0.05) is 17.5 Å². The van der Waals surface area contributed by atoms with Gasteiger partial charge >= 0.3 is 5.88 Å². The molecule has 0 saturated heterocycles. The molecule has 152 valence electrons. The lowest BCUT2D eigenvalue weighted by molar-refractivity contribution is -0.696. The summed E-state index contributed by atoms with van der Waals surface area (Å²) in [5.41, 5.74) is 3.99. The zero-order chi connectivity index (χ0) is 20.5. The number of anilines is 1. The zero-order valence-corrected chi connectivity index (χ0v) is 19.5. The van der Waals surface area contributed by atoms with Gasteiger partial charge in [0.05, 0.1) is 10.7 Å². The Kier molecular flexibility index (Phi) is 5.88. The van der Waals surface area contributed by atoms with Gasteiger partial charge in [-0.3, -0.25) is 0 Å². The number of allylic oxidation sites excluding steroid dienone is 2. The van der Waals surface area contributed by atoms with Crippen LogP contribution in [0.4, 0.5) is 5.69 Å². The second kappa shape index (κ2) is 8.41. The smallest absolute Gasteiger partial charge is 0.387 e. The van der Waals surface area contributed by atoms with Crippen molar-refractivity contribution in [3.63, 3.8) is 0 Å². The van der Waals surface area contributed by atoms with Gasteiger partial charge < -0.3 is 9.64 Å². The second-order valence-electron chi connectivity index (χ2n) is 7.41. The van der Waals surface area contributed by atoms with Crippen molar-refractivity contribution < 1.29 is 9.30 Å². The first-order chi connectivity index (χ1) is 14.0. The van der Waals surface area contributed by atoms with Crippen LogP contribution in [0.25, 0.3) is 12.2 Å². The minimum atomic E-state index is 0.134. The van der Waals surface area contributed by atoms with Crippen LogP contribution in [0.1, 0.15) is 49.6 Å². The maximum Gasteiger partial charge on any atom is 0.387 e. The Morgan fingerprint density at radius 2 is 2.10 bits per heavy atom. The fraction of sp³-hybridized carbons (Fsp3) is 0.375. The molecule has 3 nitrogen and oxygen atoms in total. The van der Waals surface area contributed by atoms with E-state index in [0.717, 1.165) is 25.4 Å². The highest BCUT2D eigenvalue weighted by molar-refractivity contribution is 8.03. The Hall–Kier alpha value is -1.98. The van der Waals surface area contributed by atoms with E-state index in [-0.39, 0.29) is 6.10 Å². The van der Waals surface area contributed by atoms with Crippen LogP contribution in [0, 0.1) is 6.92 Å². The molecule has 0 spiro atoms. The molecule has 2 aromatic rings. The van der Waals surface area contributed by atoms with Gasteiger partial charge in [-0.05, 0) is 75.6 Å². The number of rotatable bonds is 5. The maximum absolute atomic E-state index is 6.10. The number of thiazole rings is 1. The monoisotopic (exact) mass is 425 g/mol. The molecule has 4 rings (SSSR count). The summed E-state index contributed by atoms with van der Waals surface area (Å²) < 4.78 is 8.40. The summed E-state index contributed by atoms with van der Waals surface area (Å²) >= 11 is 3.69. The molecule has 1 atom stereocenters. The average Bonchev–Trinajstić information content (AvgIpc) is 3.23. The quantitative estimate of drug-likeness (QED) is 0.514. The summed E-state index contributed by atoms with van der Waals surface area (Å²) in [4.78, 5) is 4.99. The maximum atomic E-state index is 6.10. The number of ether oxygens (including phenoxy) is 1. The van der Waals surface area contributed by atoms with E-state index in [4.69, 9.17) is 4.74 Å². The number of hydrogen-bond acceptors (Lipinski definition) is 4. The summed E-state index contributed by atoms with van der Waals surface area (Å²) in [5.74, 6) is 1.01. The molecular weight excluding hydrogens is 396 g/mol. The van der Waals surface area contributed by atoms with Crippen molar-refractivity contribution in [2.24, 2.45) is 0 Å². The van der Waals surface area contributed by atoms with E-state index in [1.807, 2.05) is 23.1 Å². The highest BCUT2D eigenvalue weighted by Crippen LogP contribution is 2.46. The van der Waals surface area contributed by atoms with Gasteiger partial charge in [0.2, 0.25) is 0 Å². The largest absolute Gasteiger partial charge is 0.436 e. The van der Waals surface area contributed by atoms with Crippen LogP contribution < -0.4 is 14.2 Å². The minimum Gasteiger partial charge on any atom is -0.436 e. The molecule has 1 aromatic heterocycles. The molecule has 5 heteroatoms. The molecule has 0 radical (unpaired) electrons. The number of fused-ring (bicyclic) bond motifs is 2. The fourth-order valence-electron chi connectivity index (χ4n) is 3.72. The molecule has 0 N–H and O–H groups in total. The summed E-state index contributed by atoms with van der Waals surface area (Å²) in [7, 11) is 0. The first-order valence-corrected chi connectivity index (χ1v) is 12.1. The van der Waals surface area contributed by atoms with Crippen molar-refractivity contribution in [3.05, 3.63) is 56.4 Å². The highest BCUT2D eigenvalue weighted by atomic mass is 32.2. The van der Waals surface area contributed by atoms with E-state index < -0.39 is 0 Å².